The summed E-state index contributed by atoms with van der Waals surface area (Å²) < 4.78 is 0. The second kappa shape index (κ2) is 8.86. The van der Waals surface area contributed by atoms with Crippen LogP contribution in [0.15, 0.2) is 29.6 Å². The van der Waals surface area contributed by atoms with Crippen LogP contribution >= 0.6 is 11.3 Å². The molecule has 2 aromatic rings. The molecule has 6 heteroatoms. The van der Waals surface area contributed by atoms with E-state index in [9.17, 15) is 9.59 Å². The Kier molecular flexibility index (Phi) is 6.50. The first kappa shape index (κ1) is 20.5. The number of hydrogen-bond donors (Lipinski definition) is 1. The molecule has 1 saturated heterocycles. The van der Waals surface area contributed by atoms with E-state index in [1.54, 1.807) is 4.90 Å². The molecule has 1 aromatic heterocycles. The number of carbonyl (C=O) groups is 2. The minimum Gasteiger partial charge on any atom is -0.349 e. The molecule has 0 aliphatic carbocycles. The van der Waals surface area contributed by atoms with Gasteiger partial charge in [0.1, 0.15) is 0 Å². The van der Waals surface area contributed by atoms with Crippen LogP contribution in [0.4, 0.5) is 5.13 Å². The number of anilines is 1. The lowest BCUT2D eigenvalue weighted by Crippen LogP contribution is -2.33. The van der Waals surface area contributed by atoms with Gasteiger partial charge in [-0.1, -0.05) is 52.0 Å². The van der Waals surface area contributed by atoms with E-state index in [0.29, 0.717) is 17.5 Å². The van der Waals surface area contributed by atoms with Crippen molar-refractivity contribution < 1.29 is 9.59 Å². The Morgan fingerprint density at radius 2 is 1.86 bits per heavy atom. The van der Waals surface area contributed by atoms with Gasteiger partial charge in [0.25, 0.3) is 0 Å². The van der Waals surface area contributed by atoms with Gasteiger partial charge in [-0.3, -0.25) is 14.5 Å². The SMILES string of the molecule is CC(C)c1ccc(C(NC(=O)Cc2csc(N3CCCC3=O)n2)C(C)C)cc1. The molecule has 28 heavy (non-hydrogen) atoms. The summed E-state index contributed by atoms with van der Waals surface area (Å²) in [5.74, 6) is 0.843. The van der Waals surface area contributed by atoms with Gasteiger partial charge < -0.3 is 5.32 Å². The van der Waals surface area contributed by atoms with Crippen LogP contribution in [0.3, 0.4) is 0 Å². The number of thiazole rings is 1. The fourth-order valence-electron chi connectivity index (χ4n) is 3.46. The lowest BCUT2D eigenvalue weighted by Gasteiger charge is -2.23. The Hall–Kier alpha value is -2.21. The molecule has 1 unspecified atom stereocenters. The van der Waals surface area contributed by atoms with Crippen molar-refractivity contribution in [3.8, 4) is 0 Å². The molecule has 1 aliphatic rings. The van der Waals surface area contributed by atoms with Crippen LogP contribution in [-0.2, 0) is 16.0 Å². The quantitative estimate of drug-likeness (QED) is 0.748. The first-order valence-corrected chi connectivity index (χ1v) is 10.9. The Bertz CT molecular complexity index is 827. The van der Waals surface area contributed by atoms with E-state index in [0.717, 1.165) is 24.2 Å². The van der Waals surface area contributed by atoms with E-state index in [-0.39, 0.29) is 30.2 Å². The van der Waals surface area contributed by atoms with E-state index in [1.165, 1.54) is 16.9 Å². The summed E-state index contributed by atoms with van der Waals surface area (Å²) >= 11 is 1.43. The van der Waals surface area contributed by atoms with Gasteiger partial charge in [0.2, 0.25) is 11.8 Å². The molecule has 2 amide bonds. The zero-order valence-corrected chi connectivity index (χ0v) is 17.9. The van der Waals surface area contributed by atoms with Crippen molar-refractivity contribution in [3.05, 3.63) is 46.5 Å². The molecule has 1 atom stereocenters. The smallest absolute Gasteiger partial charge is 0.228 e. The number of nitrogens with zero attached hydrogens (tertiary/aromatic N) is 2. The summed E-state index contributed by atoms with van der Waals surface area (Å²) in [4.78, 5) is 30.7. The standard InChI is InChI=1S/C22H29N3O2S/c1-14(2)16-7-9-17(10-8-16)21(15(3)4)24-19(26)12-18-13-28-22(23-18)25-11-5-6-20(25)27/h7-10,13-15,21H,5-6,11-12H2,1-4H3,(H,24,26). The summed E-state index contributed by atoms with van der Waals surface area (Å²) in [6.07, 6.45) is 1.69. The highest BCUT2D eigenvalue weighted by Crippen LogP contribution is 2.27. The Labute approximate surface area is 171 Å². The highest BCUT2D eigenvalue weighted by Gasteiger charge is 2.25. The van der Waals surface area contributed by atoms with Crippen molar-refractivity contribution >= 4 is 28.3 Å². The average molecular weight is 400 g/mol. The van der Waals surface area contributed by atoms with E-state index < -0.39 is 0 Å². The highest BCUT2D eigenvalue weighted by molar-refractivity contribution is 7.14. The third-order valence-electron chi connectivity index (χ3n) is 5.13. The molecular weight excluding hydrogens is 370 g/mol. The number of nitrogens with one attached hydrogen (secondary N) is 1. The third-order valence-corrected chi connectivity index (χ3v) is 6.04. The number of amides is 2. The summed E-state index contributed by atoms with van der Waals surface area (Å²) in [6, 6.07) is 8.47. The zero-order chi connectivity index (χ0) is 20.3. The predicted molar refractivity (Wildman–Crippen MR) is 114 cm³/mol. The van der Waals surface area contributed by atoms with Crippen molar-refractivity contribution in [1.29, 1.82) is 0 Å². The number of rotatable bonds is 7. The molecule has 0 spiro atoms. The van der Waals surface area contributed by atoms with Crippen molar-refractivity contribution in [2.24, 2.45) is 5.92 Å². The maximum absolute atomic E-state index is 12.6. The first-order valence-electron chi connectivity index (χ1n) is 9.99. The third kappa shape index (κ3) is 4.79. The molecule has 1 aromatic carbocycles. The van der Waals surface area contributed by atoms with Gasteiger partial charge in [-0.15, -0.1) is 11.3 Å². The molecule has 5 nitrogen and oxygen atoms in total. The summed E-state index contributed by atoms with van der Waals surface area (Å²) in [5, 5.41) is 5.74. The van der Waals surface area contributed by atoms with Crippen LogP contribution in [0, 0.1) is 5.92 Å². The number of hydrogen-bond acceptors (Lipinski definition) is 4. The van der Waals surface area contributed by atoms with E-state index >= 15 is 0 Å². The minimum absolute atomic E-state index is 0.0352. The maximum Gasteiger partial charge on any atom is 0.228 e. The second-order valence-corrected chi connectivity index (χ2v) is 8.89. The largest absolute Gasteiger partial charge is 0.349 e. The van der Waals surface area contributed by atoms with Gasteiger partial charge in [-0.2, -0.15) is 0 Å². The summed E-state index contributed by atoms with van der Waals surface area (Å²) in [7, 11) is 0. The lowest BCUT2D eigenvalue weighted by atomic mass is 9.93. The molecular formula is C22H29N3O2S. The summed E-state index contributed by atoms with van der Waals surface area (Å²) in [6.45, 7) is 9.30. The van der Waals surface area contributed by atoms with Crippen molar-refractivity contribution in [2.75, 3.05) is 11.4 Å². The predicted octanol–water partition coefficient (Wildman–Crippen LogP) is 4.45. The molecule has 0 saturated carbocycles. The van der Waals surface area contributed by atoms with Crippen LogP contribution in [-0.4, -0.2) is 23.3 Å². The molecule has 0 radical (unpaired) electrons. The van der Waals surface area contributed by atoms with E-state index in [1.807, 2.05) is 5.38 Å². The molecule has 1 fully saturated rings. The van der Waals surface area contributed by atoms with Gasteiger partial charge in [0.05, 0.1) is 18.2 Å². The fraction of sp³-hybridized carbons (Fsp3) is 0.500. The van der Waals surface area contributed by atoms with Crippen molar-refractivity contribution in [3.63, 3.8) is 0 Å². The van der Waals surface area contributed by atoms with Crippen LogP contribution < -0.4 is 10.2 Å². The minimum atomic E-state index is -0.0452. The lowest BCUT2D eigenvalue weighted by molar-refractivity contribution is -0.121. The topological polar surface area (TPSA) is 62.3 Å². The van der Waals surface area contributed by atoms with Crippen LogP contribution in [0.2, 0.25) is 0 Å². The molecule has 1 aliphatic heterocycles. The molecule has 3 rings (SSSR count). The van der Waals surface area contributed by atoms with Gasteiger partial charge in [-0.25, -0.2) is 4.98 Å². The second-order valence-electron chi connectivity index (χ2n) is 8.06. The fourth-order valence-corrected chi connectivity index (χ4v) is 4.33. The first-order chi connectivity index (χ1) is 13.3. The van der Waals surface area contributed by atoms with E-state index in [2.05, 4.69) is 62.3 Å². The monoisotopic (exact) mass is 399 g/mol. The Balaban J connectivity index is 1.64. The van der Waals surface area contributed by atoms with Gasteiger partial charge in [0, 0.05) is 18.3 Å². The number of benzene rings is 1. The number of carbonyl (C=O) groups excluding carboxylic acids is 2. The van der Waals surface area contributed by atoms with Gasteiger partial charge in [-0.05, 0) is 29.4 Å². The zero-order valence-electron chi connectivity index (χ0n) is 17.1. The van der Waals surface area contributed by atoms with Crippen LogP contribution in [0.5, 0.6) is 0 Å². The molecule has 150 valence electrons. The van der Waals surface area contributed by atoms with Crippen molar-refractivity contribution in [2.45, 2.75) is 58.9 Å². The molecule has 1 N–H and O–H groups in total. The van der Waals surface area contributed by atoms with Gasteiger partial charge >= 0.3 is 0 Å². The van der Waals surface area contributed by atoms with E-state index in [4.69, 9.17) is 0 Å². The normalized spacial score (nSPS) is 15.5. The van der Waals surface area contributed by atoms with Crippen molar-refractivity contribution in [1.82, 2.24) is 10.3 Å². The Morgan fingerprint density at radius 1 is 1.18 bits per heavy atom. The van der Waals surface area contributed by atoms with Crippen LogP contribution in [0.25, 0.3) is 0 Å². The maximum atomic E-state index is 12.6. The molecule has 2 heterocycles. The van der Waals surface area contributed by atoms with Gasteiger partial charge in [0.15, 0.2) is 5.13 Å². The Morgan fingerprint density at radius 3 is 2.43 bits per heavy atom. The average Bonchev–Trinajstić information content (AvgIpc) is 3.28. The number of aromatic nitrogens is 1. The highest BCUT2D eigenvalue weighted by atomic mass is 32.1. The summed E-state index contributed by atoms with van der Waals surface area (Å²) in [5.41, 5.74) is 3.13. The molecule has 0 bridgehead atoms. The van der Waals surface area contributed by atoms with Crippen LogP contribution in [0.1, 0.15) is 69.3 Å².